The van der Waals surface area contributed by atoms with E-state index in [0.717, 1.165) is 24.0 Å². The molecule has 0 aliphatic heterocycles. The fourth-order valence-electron chi connectivity index (χ4n) is 1.81. The van der Waals surface area contributed by atoms with Gasteiger partial charge in [-0.3, -0.25) is 0 Å². The normalized spacial score (nSPS) is 12.1. The molecule has 98 valence electrons. The van der Waals surface area contributed by atoms with E-state index in [1.54, 1.807) is 0 Å². The van der Waals surface area contributed by atoms with E-state index in [2.05, 4.69) is 25.7 Å². The Balaban J connectivity index is 2.75. The molecule has 0 radical (unpaired) electrons. The van der Waals surface area contributed by atoms with Gasteiger partial charge in [-0.25, -0.2) is 0 Å². The van der Waals surface area contributed by atoms with Gasteiger partial charge in [-0.15, -0.1) is 0 Å². The van der Waals surface area contributed by atoms with Crippen LogP contribution in [-0.4, -0.2) is 17.8 Å². The van der Waals surface area contributed by atoms with Gasteiger partial charge in [-0.2, -0.15) is 0 Å². The van der Waals surface area contributed by atoms with Crippen LogP contribution < -0.4 is 5.73 Å². The summed E-state index contributed by atoms with van der Waals surface area (Å²) in [5.41, 5.74) is 7.52. The van der Waals surface area contributed by atoms with Crippen molar-refractivity contribution >= 4 is 0 Å². The summed E-state index contributed by atoms with van der Waals surface area (Å²) in [6, 6.07) is 8.03. The molecule has 1 rings (SSSR count). The largest absolute Gasteiger partial charge is 0.391 e. The molecule has 1 aromatic carbocycles. The Morgan fingerprint density at radius 1 is 1.28 bits per heavy atom. The first-order valence-corrected chi connectivity index (χ1v) is 6.68. The van der Waals surface area contributed by atoms with Crippen molar-refractivity contribution in [3.8, 4) is 11.8 Å². The third-order valence-corrected chi connectivity index (χ3v) is 3.08. The highest BCUT2D eigenvalue weighted by Gasteiger charge is 2.03. The van der Waals surface area contributed by atoms with E-state index in [1.165, 1.54) is 0 Å². The van der Waals surface area contributed by atoms with E-state index in [4.69, 9.17) is 5.73 Å². The second-order valence-electron chi connectivity index (χ2n) is 4.58. The molecular formula is C16H23NO. The van der Waals surface area contributed by atoms with Crippen LogP contribution in [-0.2, 0) is 6.42 Å². The van der Waals surface area contributed by atoms with Gasteiger partial charge in [0, 0.05) is 18.0 Å². The highest BCUT2D eigenvalue weighted by Crippen LogP contribution is 2.09. The second-order valence-corrected chi connectivity index (χ2v) is 4.58. The molecular weight excluding hydrogens is 222 g/mol. The van der Waals surface area contributed by atoms with Crippen molar-refractivity contribution in [2.45, 2.75) is 39.2 Å². The molecule has 0 saturated carbocycles. The zero-order chi connectivity index (χ0) is 13.4. The van der Waals surface area contributed by atoms with E-state index in [1.807, 2.05) is 24.3 Å². The summed E-state index contributed by atoms with van der Waals surface area (Å²) in [5.74, 6) is 6.98. The summed E-state index contributed by atoms with van der Waals surface area (Å²) in [7, 11) is 0. The van der Waals surface area contributed by atoms with E-state index in [9.17, 15) is 5.11 Å². The van der Waals surface area contributed by atoms with Crippen LogP contribution in [0.25, 0.3) is 0 Å². The number of hydrogen-bond acceptors (Lipinski definition) is 2. The monoisotopic (exact) mass is 245 g/mol. The molecule has 3 N–H and O–H groups in total. The summed E-state index contributed by atoms with van der Waals surface area (Å²) in [6.45, 7) is 4.62. The molecule has 1 unspecified atom stereocenters. The van der Waals surface area contributed by atoms with Crippen LogP contribution in [0, 0.1) is 17.8 Å². The molecule has 18 heavy (non-hydrogen) atoms. The third kappa shape index (κ3) is 4.91. The van der Waals surface area contributed by atoms with Crippen LogP contribution in [0.1, 0.15) is 37.8 Å². The lowest BCUT2D eigenvalue weighted by Crippen LogP contribution is -2.21. The number of nitrogens with two attached hydrogens (primary N) is 1. The van der Waals surface area contributed by atoms with E-state index in [0.29, 0.717) is 18.9 Å². The van der Waals surface area contributed by atoms with Gasteiger partial charge in [0.25, 0.3) is 0 Å². The minimum absolute atomic E-state index is 0.295. The lowest BCUT2D eigenvalue weighted by molar-refractivity contribution is 0.183. The summed E-state index contributed by atoms with van der Waals surface area (Å²) in [4.78, 5) is 0. The Bertz CT molecular complexity index is 413. The molecule has 0 amide bonds. The van der Waals surface area contributed by atoms with Crippen LogP contribution in [0.4, 0.5) is 0 Å². The SMILES string of the molecule is CCC(C#Cc1cccc(CC(O)CN)c1)CC. The third-order valence-electron chi connectivity index (χ3n) is 3.08. The first-order valence-electron chi connectivity index (χ1n) is 6.68. The summed E-state index contributed by atoms with van der Waals surface area (Å²) >= 11 is 0. The number of hydrogen-bond donors (Lipinski definition) is 2. The molecule has 0 fully saturated rings. The number of benzene rings is 1. The van der Waals surface area contributed by atoms with Crippen molar-refractivity contribution in [2.24, 2.45) is 11.7 Å². The van der Waals surface area contributed by atoms with Gasteiger partial charge in [-0.1, -0.05) is 37.8 Å². The van der Waals surface area contributed by atoms with Crippen LogP contribution in [0.2, 0.25) is 0 Å². The second kappa shape index (κ2) is 7.92. The molecule has 0 heterocycles. The molecule has 2 nitrogen and oxygen atoms in total. The molecule has 0 spiro atoms. The van der Waals surface area contributed by atoms with Crippen molar-refractivity contribution in [2.75, 3.05) is 6.54 Å². The van der Waals surface area contributed by atoms with Crippen molar-refractivity contribution in [3.63, 3.8) is 0 Å². The van der Waals surface area contributed by atoms with Crippen molar-refractivity contribution in [1.29, 1.82) is 0 Å². The molecule has 0 aliphatic carbocycles. The number of rotatable bonds is 5. The van der Waals surface area contributed by atoms with Gasteiger partial charge in [0.15, 0.2) is 0 Å². The predicted octanol–water partition coefficient (Wildman–Crippen LogP) is 2.34. The Labute approximate surface area is 110 Å². The maximum atomic E-state index is 9.54. The zero-order valence-corrected chi connectivity index (χ0v) is 11.3. The standard InChI is InChI=1S/C16H23NO/c1-3-13(4-2)8-9-14-6-5-7-15(10-14)11-16(18)12-17/h5-7,10,13,16,18H,3-4,11-12,17H2,1-2H3. The maximum absolute atomic E-state index is 9.54. The van der Waals surface area contributed by atoms with Crippen LogP contribution >= 0.6 is 0 Å². The van der Waals surface area contributed by atoms with Gasteiger partial charge < -0.3 is 10.8 Å². The summed E-state index contributed by atoms with van der Waals surface area (Å²) in [5, 5.41) is 9.54. The van der Waals surface area contributed by atoms with E-state index >= 15 is 0 Å². The van der Waals surface area contributed by atoms with Gasteiger partial charge in [0.05, 0.1) is 6.10 Å². The lowest BCUT2D eigenvalue weighted by atomic mass is 10.0. The van der Waals surface area contributed by atoms with Crippen molar-refractivity contribution < 1.29 is 5.11 Å². The number of aliphatic hydroxyl groups excluding tert-OH is 1. The summed E-state index contributed by atoms with van der Waals surface area (Å²) < 4.78 is 0. The highest BCUT2D eigenvalue weighted by atomic mass is 16.3. The minimum atomic E-state index is -0.466. The Morgan fingerprint density at radius 2 is 2.00 bits per heavy atom. The topological polar surface area (TPSA) is 46.2 Å². The van der Waals surface area contributed by atoms with Crippen LogP contribution in [0.3, 0.4) is 0 Å². The summed E-state index contributed by atoms with van der Waals surface area (Å²) in [6.07, 6.45) is 2.31. The van der Waals surface area contributed by atoms with Crippen molar-refractivity contribution in [1.82, 2.24) is 0 Å². The molecule has 1 aromatic rings. The Hall–Kier alpha value is -1.30. The van der Waals surface area contributed by atoms with Crippen LogP contribution in [0.15, 0.2) is 24.3 Å². The Kier molecular flexibility index (Phi) is 6.49. The predicted molar refractivity (Wildman–Crippen MR) is 76.2 cm³/mol. The van der Waals surface area contributed by atoms with Gasteiger partial charge in [-0.05, 0) is 37.0 Å². The number of aliphatic hydroxyl groups is 1. The average Bonchev–Trinajstić information content (AvgIpc) is 2.40. The average molecular weight is 245 g/mol. The zero-order valence-electron chi connectivity index (χ0n) is 11.3. The lowest BCUT2D eigenvalue weighted by Gasteiger charge is -2.07. The first kappa shape index (κ1) is 14.8. The van der Waals surface area contributed by atoms with Crippen molar-refractivity contribution in [3.05, 3.63) is 35.4 Å². The Morgan fingerprint density at radius 3 is 2.61 bits per heavy atom. The molecule has 0 aliphatic rings. The van der Waals surface area contributed by atoms with Gasteiger partial charge >= 0.3 is 0 Å². The molecule has 0 bridgehead atoms. The van der Waals surface area contributed by atoms with Gasteiger partial charge in [0.1, 0.15) is 0 Å². The van der Waals surface area contributed by atoms with E-state index in [-0.39, 0.29) is 0 Å². The van der Waals surface area contributed by atoms with Gasteiger partial charge in [0.2, 0.25) is 0 Å². The smallest absolute Gasteiger partial charge is 0.0702 e. The fraction of sp³-hybridized carbons (Fsp3) is 0.500. The highest BCUT2D eigenvalue weighted by molar-refractivity contribution is 5.37. The van der Waals surface area contributed by atoms with Crippen LogP contribution in [0.5, 0.6) is 0 Å². The minimum Gasteiger partial charge on any atom is -0.391 e. The molecule has 2 heteroatoms. The first-order chi connectivity index (χ1) is 8.69. The van der Waals surface area contributed by atoms with E-state index < -0.39 is 6.10 Å². The maximum Gasteiger partial charge on any atom is 0.0702 e. The molecule has 1 atom stereocenters. The quantitative estimate of drug-likeness (QED) is 0.782. The molecule has 0 aromatic heterocycles. The fourth-order valence-corrected chi connectivity index (χ4v) is 1.81. The molecule has 0 saturated heterocycles.